The van der Waals surface area contributed by atoms with E-state index in [0.29, 0.717) is 12.2 Å². The summed E-state index contributed by atoms with van der Waals surface area (Å²) in [7, 11) is 0. The number of hydrogen-bond acceptors (Lipinski definition) is 2. The summed E-state index contributed by atoms with van der Waals surface area (Å²) in [5, 5.41) is 0. The molecule has 0 fully saturated rings. The van der Waals surface area contributed by atoms with Crippen molar-refractivity contribution in [2.45, 2.75) is 25.8 Å². The number of nitrogens with two attached hydrogens (primary N) is 1. The molecule has 1 heterocycles. The first kappa shape index (κ1) is 13.1. The highest BCUT2D eigenvalue weighted by atomic mass is 19.1. The van der Waals surface area contributed by atoms with Crippen LogP contribution in [0.2, 0.25) is 0 Å². The summed E-state index contributed by atoms with van der Waals surface area (Å²) in [6, 6.07) is 11.0. The van der Waals surface area contributed by atoms with E-state index in [4.69, 9.17) is 10.5 Å². The van der Waals surface area contributed by atoms with Crippen LogP contribution in [0.1, 0.15) is 34.2 Å². The lowest BCUT2D eigenvalue weighted by atomic mass is 9.86. The van der Waals surface area contributed by atoms with Gasteiger partial charge in [0.25, 0.3) is 0 Å². The van der Waals surface area contributed by atoms with Gasteiger partial charge < -0.3 is 10.5 Å². The summed E-state index contributed by atoms with van der Waals surface area (Å²) < 4.78 is 19.9. The van der Waals surface area contributed by atoms with Crippen LogP contribution in [0.5, 0.6) is 5.75 Å². The lowest BCUT2D eigenvalue weighted by molar-refractivity contribution is 0.313. The van der Waals surface area contributed by atoms with Crippen molar-refractivity contribution in [3.05, 3.63) is 64.5 Å². The zero-order valence-electron chi connectivity index (χ0n) is 11.7. The van der Waals surface area contributed by atoms with E-state index in [0.717, 1.165) is 22.4 Å². The Labute approximate surface area is 118 Å². The molecule has 1 aliphatic rings. The summed E-state index contributed by atoms with van der Waals surface area (Å²) in [5.74, 6) is 0.639. The van der Waals surface area contributed by atoms with Gasteiger partial charge in [-0.05, 0) is 37.1 Å². The SMILES string of the molecule is Cc1cc(C)c(C(N)C2COc3ccccc32)c(F)c1. The minimum absolute atomic E-state index is 0.00195. The van der Waals surface area contributed by atoms with Crippen LogP contribution in [-0.4, -0.2) is 6.61 Å². The highest BCUT2D eigenvalue weighted by Crippen LogP contribution is 2.41. The number of ether oxygens (including phenoxy) is 1. The minimum Gasteiger partial charge on any atom is -0.493 e. The molecule has 0 spiro atoms. The number of para-hydroxylation sites is 1. The fourth-order valence-corrected chi connectivity index (χ4v) is 3.03. The normalized spacial score (nSPS) is 18.5. The molecule has 2 unspecified atom stereocenters. The first-order valence-corrected chi connectivity index (χ1v) is 6.82. The van der Waals surface area contributed by atoms with E-state index in [9.17, 15) is 4.39 Å². The Morgan fingerprint density at radius 3 is 2.75 bits per heavy atom. The number of halogens is 1. The maximum absolute atomic E-state index is 14.3. The summed E-state index contributed by atoms with van der Waals surface area (Å²) in [6.07, 6.45) is 0. The van der Waals surface area contributed by atoms with Crippen LogP contribution in [0.15, 0.2) is 36.4 Å². The lowest BCUT2D eigenvalue weighted by Gasteiger charge is -2.21. The molecule has 2 atom stereocenters. The van der Waals surface area contributed by atoms with Crippen molar-refractivity contribution in [1.82, 2.24) is 0 Å². The number of aryl methyl sites for hydroxylation is 2. The van der Waals surface area contributed by atoms with Gasteiger partial charge in [0.05, 0.1) is 6.61 Å². The predicted octanol–water partition coefficient (Wildman–Crippen LogP) is 3.62. The second-order valence-electron chi connectivity index (χ2n) is 5.46. The van der Waals surface area contributed by atoms with E-state index in [2.05, 4.69) is 0 Å². The molecule has 0 saturated heterocycles. The zero-order valence-corrected chi connectivity index (χ0v) is 11.7. The molecular weight excluding hydrogens is 253 g/mol. The fourth-order valence-electron chi connectivity index (χ4n) is 3.03. The van der Waals surface area contributed by atoms with Gasteiger partial charge >= 0.3 is 0 Å². The van der Waals surface area contributed by atoms with Gasteiger partial charge in [0.15, 0.2) is 0 Å². The Morgan fingerprint density at radius 1 is 1.25 bits per heavy atom. The maximum Gasteiger partial charge on any atom is 0.128 e. The van der Waals surface area contributed by atoms with Gasteiger partial charge in [0.2, 0.25) is 0 Å². The topological polar surface area (TPSA) is 35.2 Å². The average molecular weight is 271 g/mol. The largest absolute Gasteiger partial charge is 0.493 e. The summed E-state index contributed by atoms with van der Waals surface area (Å²) in [6.45, 7) is 4.31. The Bertz CT molecular complexity index is 630. The zero-order chi connectivity index (χ0) is 14.3. The van der Waals surface area contributed by atoms with Crippen molar-refractivity contribution in [3.8, 4) is 5.75 Å². The van der Waals surface area contributed by atoms with Gasteiger partial charge in [-0.3, -0.25) is 0 Å². The van der Waals surface area contributed by atoms with Crippen molar-refractivity contribution in [1.29, 1.82) is 0 Å². The first-order chi connectivity index (χ1) is 9.58. The van der Waals surface area contributed by atoms with Crippen LogP contribution < -0.4 is 10.5 Å². The molecule has 0 radical (unpaired) electrons. The number of fused-ring (bicyclic) bond motifs is 1. The quantitative estimate of drug-likeness (QED) is 0.905. The molecule has 20 heavy (non-hydrogen) atoms. The molecule has 2 aromatic rings. The molecule has 2 nitrogen and oxygen atoms in total. The van der Waals surface area contributed by atoms with Gasteiger partial charge in [-0.1, -0.05) is 24.3 Å². The number of rotatable bonds is 2. The van der Waals surface area contributed by atoms with E-state index in [1.54, 1.807) is 6.07 Å². The van der Waals surface area contributed by atoms with Gasteiger partial charge in [-0.2, -0.15) is 0 Å². The third kappa shape index (κ3) is 2.08. The van der Waals surface area contributed by atoms with Crippen LogP contribution in [0.25, 0.3) is 0 Å². The fraction of sp³-hybridized carbons (Fsp3) is 0.294. The van der Waals surface area contributed by atoms with Gasteiger partial charge in [0.1, 0.15) is 11.6 Å². The van der Waals surface area contributed by atoms with E-state index in [1.165, 1.54) is 0 Å². The van der Waals surface area contributed by atoms with E-state index in [1.807, 2.05) is 44.2 Å². The predicted molar refractivity (Wildman–Crippen MR) is 77.5 cm³/mol. The van der Waals surface area contributed by atoms with Gasteiger partial charge in [-0.15, -0.1) is 0 Å². The maximum atomic E-state index is 14.3. The number of benzene rings is 2. The molecule has 2 N–H and O–H groups in total. The molecule has 3 rings (SSSR count). The van der Waals surface area contributed by atoms with Crippen LogP contribution in [0.4, 0.5) is 4.39 Å². The van der Waals surface area contributed by atoms with Crippen LogP contribution >= 0.6 is 0 Å². The molecule has 2 aromatic carbocycles. The van der Waals surface area contributed by atoms with Crippen molar-refractivity contribution < 1.29 is 9.13 Å². The molecule has 0 amide bonds. The minimum atomic E-state index is -0.390. The highest BCUT2D eigenvalue weighted by Gasteiger charge is 2.32. The average Bonchev–Trinajstić information content (AvgIpc) is 2.81. The van der Waals surface area contributed by atoms with Gasteiger partial charge in [0, 0.05) is 23.1 Å². The molecule has 1 aliphatic heterocycles. The third-order valence-electron chi connectivity index (χ3n) is 3.98. The summed E-state index contributed by atoms with van der Waals surface area (Å²) in [4.78, 5) is 0. The van der Waals surface area contributed by atoms with E-state index >= 15 is 0 Å². The monoisotopic (exact) mass is 271 g/mol. The van der Waals surface area contributed by atoms with Crippen LogP contribution in [0.3, 0.4) is 0 Å². The Kier molecular flexibility index (Phi) is 3.22. The molecule has 0 bridgehead atoms. The van der Waals surface area contributed by atoms with Gasteiger partial charge in [-0.25, -0.2) is 4.39 Å². The molecule has 3 heteroatoms. The smallest absolute Gasteiger partial charge is 0.128 e. The lowest BCUT2D eigenvalue weighted by Crippen LogP contribution is -2.23. The first-order valence-electron chi connectivity index (χ1n) is 6.82. The Balaban J connectivity index is 2.01. The number of hydrogen-bond donors (Lipinski definition) is 1. The summed E-state index contributed by atoms with van der Waals surface area (Å²) in [5.41, 5.74) is 9.83. The Morgan fingerprint density at radius 2 is 2.00 bits per heavy atom. The Hall–Kier alpha value is -1.87. The third-order valence-corrected chi connectivity index (χ3v) is 3.98. The highest BCUT2D eigenvalue weighted by molar-refractivity contribution is 5.44. The summed E-state index contributed by atoms with van der Waals surface area (Å²) >= 11 is 0. The second-order valence-corrected chi connectivity index (χ2v) is 5.46. The van der Waals surface area contributed by atoms with E-state index in [-0.39, 0.29) is 17.8 Å². The molecular formula is C17H18FNO. The van der Waals surface area contributed by atoms with E-state index < -0.39 is 0 Å². The van der Waals surface area contributed by atoms with Crippen LogP contribution in [0, 0.1) is 19.7 Å². The molecule has 104 valence electrons. The van der Waals surface area contributed by atoms with Crippen molar-refractivity contribution in [3.63, 3.8) is 0 Å². The van der Waals surface area contributed by atoms with Crippen LogP contribution in [-0.2, 0) is 0 Å². The molecule has 0 aromatic heterocycles. The molecule has 0 saturated carbocycles. The second kappa shape index (κ2) is 4.91. The standard InChI is InChI=1S/C17H18FNO/c1-10-7-11(2)16(14(18)8-10)17(19)13-9-20-15-6-4-3-5-12(13)15/h3-8,13,17H,9,19H2,1-2H3. The van der Waals surface area contributed by atoms with Crippen molar-refractivity contribution in [2.24, 2.45) is 5.73 Å². The molecule has 0 aliphatic carbocycles. The van der Waals surface area contributed by atoms with Crippen molar-refractivity contribution >= 4 is 0 Å². The van der Waals surface area contributed by atoms with Crippen molar-refractivity contribution in [2.75, 3.05) is 6.61 Å².